The number of amides is 1. The van der Waals surface area contributed by atoms with E-state index in [1.54, 1.807) is 10.9 Å². The minimum Gasteiger partial charge on any atom is -0.324 e. The molecule has 0 unspecified atom stereocenters. The lowest BCUT2D eigenvalue weighted by Crippen LogP contribution is -2.29. The highest BCUT2D eigenvalue weighted by atomic mass is 16.1. The van der Waals surface area contributed by atoms with Gasteiger partial charge < -0.3 is 10.6 Å². The number of fused-ring (bicyclic) bond motifs is 1. The molecule has 1 aliphatic rings. The zero-order valence-electron chi connectivity index (χ0n) is 11.1. The van der Waals surface area contributed by atoms with Gasteiger partial charge in [-0.15, -0.1) is 0 Å². The van der Waals surface area contributed by atoms with Crippen LogP contribution >= 0.6 is 0 Å². The summed E-state index contributed by atoms with van der Waals surface area (Å²) in [6.07, 6.45) is 4.02. The normalized spacial score (nSPS) is 14.8. The molecule has 0 saturated heterocycles. The molecule has 0 aliphatic heterocycles. The third-order valence-electron chi connectivity index (χ3n) is 3.28. The zero-order chi connectivity index (χ0) is 13.4. The maximum Gasteiger partial charge on any atom is 0.238 e. The van der Waals surface area contributed by atoms with Gasteiger partial charge in [-0.05, 0) is 25.8 Å². The van der Waals surface area contributed by atoms with Gasteiger partial charge in [-0.25, -0.2) is 4.98 Å². The first kappa shape index (κ1) is 12.1. The minimum atomic E-state index is -0.0328. The molecule has 2 heterocycles. The third kappa shape index (κ3) is 2.58. The fourth-order valence-corrected chi connectivity index (χ4v) is 2.11. The average molecular weight is 259 g/mol. The molecule has 3 rings (SSSR count). The number of aromatic nitrogens is 3. The van der Waals surface area contributed by atoms with E-state index in [0.717, 1.165) is 16.7 Å². The highest BCUT2D eigenvalue weighted by molar-refractivity contribution is 5.94. The maximum atomic E-state index is 11.7. The molecule has 100 valence electrons. The van der Waals surface area contributed by atoms with Crippen LogP contribution in [-0.2, 0) is 11.8 Å². The van der Waals surface area contributed by atoms with Crippen molar-refractivity contribution in [3.63, 3.8) is 0 Å². The van der Waals surface area contributed by atoms with Crippen molar-refractivity contribution in [1.82, 2.24) is 20.1 Å². The number of carbonyl (C=O) groups excluding carboxylic acids is 1. The van der Waals surface area contributed by atoms with E-state index in [0.29, 0.717) is 18.3 Å². The predicted molar refractivity (Wildman–Crippen MR) is 72.9 cm³/mol. The number of anilines is 1. The summed E-state index contributed by atoms with van der Waals surface area (Å²) in [7, 11) is 1.86. The van der Waals surface area contributed by atoms with Gasteiger partial charge in [0.1, 0.15) is 0 Å². The lowest BCUT2D eigenvalue weighted by Gasteiger charge is -2.05. The van der Waals surface area contributed by atoms with Crippen LogP contribution in [0.4, 0.5) is 5.69 Å². The largest absolute Gasteiger partial charge is 0.324 e. The van der Waals surface area contributed by atoms with Gasteiger partial charge in [0.15, 0.2) is 5.65 Å². The Labute approximate surface area is 111 Å². The smallest absolute Gasteiger partial charge is 0.238 e. The van der Waals surface area contributed by atoms with Crippen LogP contribution in [0.5, 0.6) is 0 Å². The molecule has 0 spiro atoms. The molecule has 1 fully saturated rings. The van der Waals surface area contributed by atoms with E-state index in [1.165, 1.54) is 12.8 Å². The Bertz CT molecular complexity index is 629. The molecule has 1 aliphatic carbocycles. The molecule has 0 bridgehead atoms. The number of nitrogens with zero attached hydrogens (tertiary/aromatic N) is 3. The number of hydrogen-bond acceptors (Lipinski definition) is 4. The van der Waals surface area contributed by atoms with Gasteiger partial charge in [0, 0.05) is 18.5 Å². The summed E-state index contributed by atoms with van der Waals surface area (Å²) in [5.74, 6) is -0.0328. The first-order valence-corrected chi connectivity index (χ1v) is 6.46. The fourth-order valence-electron chi connectivity index (χ4n) is 2.11. The van der Waals surface area contributed by atoms with Crippen LogP contribution in [0, 0.1) is 6.92 Å². The molecule has 2 aromatic heterocycles. The number of aryl methyl sites for hydroxylation is 2. The van der Waals surface area contributed by atoms with E-state index >= 15 is 0 Å². The van der Waals surface area contributed by atoms with Crippen molar-refractivity contribution in [2.24, 2.45) is 7.05 Å². The van der Waals surface area contributed by atoms with E-state index < -0.39 is 0 Å². The molecular weight excluding hydrogens is 242 g/mol. The lowest BCUT2D eigenvalue weighted by molar-refractivity contribution is -0.115. The van der Waals surface area contributed by atoms with Crippen LogP contribution in [0.2, 0.25) is 0 Å². The summed E-state index contributed by atoms with van der Waals surface area (Å²) in [5, 5.41) is 11.3. The first-order valence-electron chi connectivity index (χ1n) is 6.46. The van der Waals surface area contributed by atoms with E-state index in [-0.39, 0.29) is 5.91 Å². The standard InChI is InChI=1S/C13H17N5O/c1-8-11-5-10(6-15-13(11)18(2)17-8)16-12(19)7-14-9-3-4-9/h5-6,9,14H,3-4,7H2,1-2H3,(H,16,19). The predicted octanol–water partition coefficient (Wildman–Crippen LogP) is 0.967. The van der Waals surface area contributed by atoms with Crippen LogP contribution in [0.15, 0.2) is 12.3 Å². The van der Waals surface area contributed by atoms with Crippen molar-refractivity contribution in [1.29, 1.82) is 0 Å². The lowest BCUT2D eigenvalue weighted by atomic mass is 10.2. The van der Waals surface area contributed by atoms with E-state index in [2.05, 4.69) is 20.7 Å². The second-order valence-electron chi connectivity index (χ2n) is 5.01. The Morgan fingerprint density at radius 1 is 1.53 bits per heavy atom. The Kier molecular flexibility index (Phi) is 2.94. The second kappa shape index (κ2) is 4.62. The van der Waals surface area contributed by atoms with Crippen LogP contribution < -0.4 is 10.6 Å². The topological polar surface area (TPSA) is 71.8 Å². The summed E-state index contributed by atoms with van der Waals surface area (Å²) < 4.78 is 1.74. The molecule has 19 heavy (non-hydrogen) atoms. The van der Waals surface area contributed by atoms with Crippen molar-refractivity contribution < 1.29 is 4.79 Å². The SMILES string of the molecule is Cc1nn(C)c2ncc(NC(=O)CNC3CC3)cc12. The van der Waals surface area contributed by atoms with Gasteiger partial charge in [0.2, 0.25) is 5.91 Å². The fraction of sp³-hybridized carbons (Fsp3) is 0.462. The molecule has 2 aromatic rings. The molecule has 2 N–H and O–H groups in total. The number of carbonyl (C=O) groups is 1. The van der Waals surface area contributed by atoms with Crippen molar-refractivity contribution in [3.05, 3.63) is 18.0 Å². The third-order valence-corrected chi connectivity index (χ3v) is 3.28. The average Bonchev–Trinajstić information content (AvgIpc) is 3.15. The molecule has 0 aromatic carbocycles. The Morgan fingerprint density at radius 2 is 2.32 bits per heavy atom. The monoisotopic (exact) mass is 259 g/mol. The van der Waals surface area contributed by atoms with Crippen molar-refractivity contribution >= 4 is 22.6 Å². The van der Waals surface area contributed by atoms with Gasteiger partial charge in [-0.1, -0.05) is 0 Å². The van der Waals surface area contributed by atoms with Gasteiger partial charge >= 0.3 is 0 Å². The Morgan fingerprint density at radius 3 is 3.05 bits per heavy atom. The van der Waals surface area contributed by atoms with Gasteiger partial charge in [0.05, 0.1) is 24.1 Å². The number of pyridine rings is 1. The highest BCUT2D eigenvalue weighted by Gasteiger charge is 2.21. The number of hydrogen-bond donors (Lipinski definition) is 2. The van der Waals surface area contributed by atoms with Crippen molar-refractivity contribution in [2.45, 2.75) is 25.8 Å². The van der Waals surface area contributed by atoms with Gasteiger partial charge in [0.25, 0.3) is 0 Å². The summed E-state index contributed by atoms with van der Waals surface area (Å²) >= 11 is 0. The quantitative estimate of drug-likeness (QED) is 0.858. The van der Waals surface area contributed by atoms with E-state index in [9.17, 15) is 4.79 Å². The van der Waals surface area contributed by atoms with Gasteiger partial charge in [-0.3, -0.25) is 9.48 Å². The number of nitrogens with one attached hydrogen (secondary N) is 2. The molecule has 0 radical (unpaired) electrons. The summed E-state index contributed by atoms with van der Waals surface area (Å²) in [6, 6.07) is 2.45. The van der Waals surface area contributed by atoms with Crippen LogP contribution in [-0.4, -0.2) is 33.3 Å². The molecule has 1 saturated carbocycles. The summed E-state index contributed by atoms with van der Waals surface area (Å²) in [4.78, 5) is 16.1. The Balaban J connectivity index is 1.73. The van der Waals surface area contributed by atoms with E-state index in [4.69, 9.17) is 0 Å². The molecule has 6 heteroatoms. The van der Waals surface area contributed by atoms with Crippen molar-refractivity contribution in [2.75, 3.05) is 11.9 Å². The van der Waals surface area contributed by atoms with Crippen LogP contribution in [0.1, 0.15) is 18.5 Å². The molecule has 6 nitrogen and oxygen atoms in total. The second-order valence-corrected chi connectivity index (χ2v) is 5.01. The first-order chi connectivity index (χ1) is 9.13. The Hall–Kier alpha value is -1.95. The highest BCUT2D eigenvalue weighted by Crippen LogP contribution is 2.20. The van der Waals surface area contributed by atoms with Crippen LogP contribution in [0.25, 0.3) is 11.0 Å². The molecule has 0 atom stereocenters. The molecule has 1 amide bonds. The van der Waals surface area contributed by atoms with Crippen molar-refractivity contribution in [3.8, 4) is 0 Å². The number of rotatable bonds is 4. The molecular formula is C13H17N5O. The summed E-state index contributed by atoms with van der Waals surface area (Å²) in [5.41, 5.74) is 2.45. The van der Waals surface area contributed by atoms with E-state index in [1.807, 2.05) is 20.0 Å². The van der Waals surface area contributed by atoms with Gasteiger partial charge in [-0.2, -0.15) is 5.10 Å². The maximum absolute atomic E-state index is 11.7. The zero-order valence-corrected chi connectivity index (χ0v) is 11.1. The minimum absolute atomic E-state index is 0.0328. The van der Waals surface area contributed by atoms with Crippen LogP contribution in [0.3, 0.4) is 0 Å². The summed E-state index contributed by atoms with van der Waals surface area (Å²) in [6.45, 7) is 2.29.